The summed E-state index contributed by atoms with van der Waals surface area (Å²) in [5.74, 6) is 0. The van der Waals surface area contributed by atoms with Gasteiger partial charge in [-0.2, -0.15) is 0 Å². The normalized spacial score (nSPS) is 10.0. The van der Waals surface area contributed by atoms with Crippen LogP contribution in [0.3, 0.4) is 0 Å². The molecule has 3 heteroatoms. The summed E-state index contributed by atoms with van der Waals surface area (Å²) in [7, 11) is 0. The molecule has 0 fully saturated rings. The first kappa shape index (κ1) is 9.09. The third-order valence-electron chi connectivity index (χ3n) is 1.91. The molecular weight excluding hydrogens is 194 g/mol. The molecule has 2 aromatic rings. The predicted octanol–water partition coefficient (Wildman–Crippen LogP) is 2.55. The van der Waals surface area contributed by atoms with Crippen LogP contribution in [0.2, 0.25) is 0 Å². The Morgan fingerprint density at radius 3 is 2.71 bits per heavy atom. The fourth-order valence-electron chi connectivity index (χ4n) is 1.24. The molecular formula is C11H9NOS. The standard InChI is InChI=1S/C11H9NOS/c13-8-5-10-1-2-11(14-10)9-3-6-12-7-4-9/h1-4,6-8H,5H2. The number of carbonyl (C=O) groups is 1. The van der Waals surface area contributed by atoms with Crippen LogP contribution in [0, 0.1) is 0 Å². The Bertz CT molecular complexity index is 422. The van der Waals surface area contributed by atoms with Crippen molar-refractivity contribution in [3.63, 3.8) is 0 Å². The van der Waals surface area contributed by atoms with Crippen molar-refractivity contribution < 1.29 is 4.79 Å². The lowest BCUT2D eigenvalue weighted by atomic mass is 10.2. The smallest absolute Gasteiger partial charge is 0.125 e. The van der Waals surface area contributed by atoms with Gasteiger partial charge in [-0.05, 0) is 29.8 Å². The number of carbonyl (C=O) groups excluding carboxylic acids is 1. The zero-order valence-electron chi connectivity index (χ0n) is 7.51. The maximum atomic E-state index is 10.3. The van der Waals surface area contributed by atoms with Crippen molar-refractivity contribution in [3.8, 4) is 10.4 Å². The molecule has 0 aliphatic heterocycles. The van der Waals surface area contributed by atoms with Crippen LogP contribution in [0.4, 0.5) is 0 Å². The summed E-state index contributed by atoms with van der Waals surface area (Å²) >= 11 is 1.65. The number of hydrogen-bond acceptors (Lipinski definition) is 3. The lowest BCUT2D eigenvalue weighted by molar-refractivity contribution is -0.107. The molecule has 2 aromatic heterocycles. The van der Waals surface area contributed by atoms with Crippen molar-refractivity contribution in [2.75, 3.05) is 0 Å². The van der Waals surface area contributed by atoms with E-state index in [1.807, 2.05) is 24.3 Å². The Morgan fingerprint density at radius 2 is 2.00 bits per heavy atom. The first-order valence-electron chi connectivity index (χ1n) is 4.33. The Morgan fingerprint density at radius 1 is 1.21 bits per heavy atom. The fraction of sp³-hybridized carbons (Fsp3) is 0.0909. The molecule has 2 nitrogen and oxygen atoms in total. The number of rotatable bonds is 3. The van der Waals surface area contributed by atoms with Crippen LogP contribution in [-0.2, 0) is 11.2 Å². The Hall–Kier alpha value is -1.48. The summed E-state index contributed by atoms with van der Waals surface area (Å²) in [4.78, 5) is 16.6. The number of thiophene rings is 1. The highest BCUT2D eigenvalue weighted by atomic mass is 32.1. The minimum absolute atomic E-state index is 0.510. The van der Waals surface area contributed by atoms with Gasteiger partial charge in [0.25, 0.3) is 0 Å². The first-order valence-corrected chi connectivity index (χ1v) is 5.14. The molecule has 0 amide bonds. The van der Waals surface area contributed by atoms with Crippen LogP contribution in [0.1, 0.15) is 4.88 Å². The molecule has 14 heavy (non-hydrogen) atoms. The average molecular weight is 203 g/mol. The molecule has 0 N–H and O–H groups in total. The van der Waals surface area contributed by atoms with E-state index in [9.17, 15) is 4.79 Å². The van der Waals surface area contributed by atoms with Gasteiger partial charge >= 0.3 is 0 Å². The second kappa shape index (κ2) is 4.15. The Balaban J connectivity index is 2.29. The zero-order valence-corrected chi connectivity index (χ0v) is 8.33. The molecule has 0 aromatic carbocycles. The van der Waals surface area contributed by atoms with E-state index < -0.39 is 0 Å². The van der Waals surface area contributed by atoms with Gasteiger partial charge in [-0.15, -0.1) is 11.3 Å². The third-order valence-corrected chi connectivity index (χ3v) is 3.07. The molecule has 0 saturated carbocycles. The van der Waals surface area contributed by atoms with E-state index in [0.717, 1.165) is 16.7 Å². The maximum absolute atomic E-state index is 10.3. The molecule has 2 heterocycles. The second-order valence-electron chi connectivity index (χ2n) is 2.87. The van der Waals surface area contributed by atoms with E-state index in [4.69, 9.17) is 0 Å². The van der Waals surface area contributed by atoms with E-state index in [-0.39, 0.29) is 0 Å². The van der Waals surface area contributed by atoms with Crippen LogP contribution >= 0.6 is 11.3 Å². The summed E-state index contributed by atoms with van der Waals surface area (Å²) in [5.41, 5.74) is 1.15. The van der Waals surface area contributed by atoms with E-state index in [1.165, 1.54) is 4.88 Å². The summed E-state index contributed by atoms with van der Waals surface area (Å²) in [6.45, 7) is 0. The highest BCUT2D eigenvalue weighted by Gasteiger charge is 2.01. The van der Waals surface area contributed by atoms with Crippen molar-refractivity contribution in [2.24, 2.45) is 0 Å². The molecule has 0 unspecified atom stereocenters. The minimum atomic E-state index is 0.510. The van der Waals surface area contributed by atoms with Crippen molar-refractivity contribution in [3.05, 3.63) is 41.5 Å². The van der Waals surface area contributed by atoms with Crippen LogP contribution in [0.5, 0.6) is 0 Å². The third kappa shape index (κ3) is 1.88. The summed E-state index contributed by atoms with van der Waals surface area (Å²) < 4.78 is 0. The van der Waals surface area contributed by atoms with Crippen molar-refractivity contribution in [1.29, 1.82) is 0 Å². The highest BCUT2D eigenvalue weighted by Crippen LogP contribution is 2.27. The van der Waals surface area contributed by atoms with Gasteiger partial charge in [-0.3, -0.25) is 4.98 Å². The van der Waals surface area contributed by atoms with Crippen LogP contribution in [0.25, 0.3) is 10.4 Å². The molecule has 70 valence electrons. The number of aldehydes is 1. The van der Waals surface area contributed by atoms with Crippen LogP contribution in [0.15, 0.2) is 36.7 Å². The molecule has 0 radical (unpaired) electrons. The maximum Gasteiger partial charge on any atom is 0.125 e. The van der Waals surface area contributed by atoms with Crippen LogP contribution < -0.4 is 0 Å². The number of nitrogens with zero attached hydrogens (tertiary/aromatic N) is 1. The van der Waals surface area contributed by atoms with Crippen LogP contribution in [-0.4, -0.2) is 11.3 Å². The van der Waals surface area contributed by atoms with Gasteiger partial charge in [0.05, 0.1) is 0 Å². The lowest BCUT2D eigenvalue weighted by Crippen LogP contribution is -1.76. The van der Waals surface area contributed by atoms with E-state index in [1.54, 1.807) is 23.7 Å². The molecule has 0 aliphatic carbocycles. The van der Waals surface area contributed by atoms with Gasteiger partial charge in [0.2, 0.25) is 0 Å². The van der Waals surface area contributed by atoms with E-state index >= 15 is 0 Å². The average Bonchev–Trinajstić information content (AvgIpc) is 2.68. The van der Waals surface area contributed by atoms with Crippen molar-refractivity contribution >= 4 is 17.6 Å². The van der Waals surface area contributed by atoms with Gasteiger partial charge in [-0.1, -0.05) is 0 Å². The van der Waals surface area contributed by atoms with Gasteiger partial charge in [-0.25, -0.2) is 0 Å². The monoisotopic (exact) mass is 203 g/mol. The van der Waals surface area contributed by atoms with Gasteiger partial charge in [0, 0.05) is 28.6 Å². The molecule has 0 bridgehead atoms. The van der Waals surface area contributed by atoms with Gasteiger partial charge in [0.15, 0.2) is 0 Å². The molecule has 2 rings (SSSR count). The first-order chi connectivity index (χ1) is 6.90. The van der Waals surface area contributed by atoms with E-state index in [2.05, 4.69) is 4.98 Å². The highest BCUT2D eigenvalue weighted by molar-refractivity contribution is 7.15. The Kier molecular flexibility index (Phi) is 2.70. The molecule has 0 spiro atoms. The van der Waals surface area contributed by atoms with Gasteiger partial charge in [0.1, 0.15) is 6.29 Å². The molecule has 0 atom stereocenters. The predicted molar refractivity (Wildman–Crippen MR) is 57.3 cm³/mol. The van der Waals surface area contributed by atoms with E-state index in [0.29, 0.717) is 6.42 Å². The topological polar surface area (TPSA) is 30.0 Å². The molecule has 0 saturated heterocycles. The number of hydrogen-bond donors (Lipinski definition) is 0. The lowest BCUT2D eigenvalue weighted by Gasteiger charge is -1.93. The SMILES string of the molecule is O=CCc1ccc(-c2ccncc2)s1. The molecule has 0 aliphatic rings. The summed E-state index contributed by atoms with van der Waals surface area (Å²) in [6.07, 6.45) is 4.99. The quantitative estimate of drug-likeness (QED) is 0.717. The van der Waals surface area contributed by atoms with Crippen molar-refractivity contribution in [1.82, 2.24) is 4.98 Å². The largest absolute Gasteiger partial charge is 0.303 e. The number of pyridine rings is 1. The summed E-state index contributed by atoms with van der Waals surface area (Å²) in [5, 5.41) is 0. The zero-order chi connectivity index (χ0) is 9.80. The second-order valence-corrected chi connectivity index (χ2v) is 4.04. The Labute approximate surface area is 86.2 Å². The van der Waals surface area contributed by atoms with Gasteiger partial charge < -0.3 is 4.79 Å². The fourth-order valence-corrected chi connectivity index (χ4v) is 2.20. The summed E-state index contributed by atoms with van der Waals surface area (Å²) in [6, 6.07) is 7.97. The minimum Gasteiger partial charge on any atom is -0.303 e. The van der Waals surface area contributed by atoms with Crippen molar-refractivity contribution in [2.45, 2.75) is 6.42 Å². The number of aromatic nitrogens is 1.